The molecule has 212 valence electrons. The number of nitrogens with zero attached hydrogens (tertiary/aromatic N) is 2. The van der Waals surface area contributed by atoms with Crippen LogP contribution in [-0.2, 0) is 19.1 Å². The molecule has 0 aromatic heterocycles. The second-order valence-corrected chi connectivity index (χ2v) is 11.4. The van der Waals surface area contributed by atoms with Crippen LogP contribution in [0.25, 0.3) is 0 Å². The highest BCUT2D eigenvalue weighted by Gasteiger charge is 2.50. The van der Waals surface area contributed by atoms with Crippen LogP contribution in [0.3, 0.4) is 0 Å². The summed E-state index contributed by atoms with van der Waals surface area (Å²) < 4.78 is 22.7. The van der Waals surface area contributed by atoms with Crippen LogP contribution in [0, 0.1) is 11.3 Å². The summed E-state index contributed by atoms with van der Waals surface area (Å²) in [5.41, 5.74) is 0.464. The van der Waals surface area contributed by atoms with Crippen molar-refractivity contribution in [3.63, 3.8) is 0 Å². The first kappa shape index (κ1) is 28.6. The molecule has 0 radical (unpaired) electrons. The molecule has 1 unspecified atom stereocenters. The lowest BCUT2D eigenvalue weighted by molar-refractivity contribution is -0.148. The Balaban J connectivity index is 1.62. The number of rotatable bonds is 13. The first-order valence-corrected chi connectivity index (χ1v) is 14.1. The van der Waals surface area contributed by atoms with E-state index in [1.54, 1.807) is 0 Å². The van der Waals surface area contributed by atoms with E-state index in [1.807, 2.05) is 23.1 Å². The van der Waals surface area contributed by atoms with Gasteiger partial charge in [-0.05, 0) is 37.0 Å². The number of aliphatic carboxylic acids is 1. The predicted molar refractivity (Wildman–Crippen MR) is 142 cm³/mol. The first-order chi connectivity index (χ1) is 18.2. The number of amides is 1. The van der Waals surface area contributed by atoms with Crippen LogP contribution < -0.4 is 9.47 Å². The number of benzene rings is 1. The second kappa shape index (κ2) is 12.7. The first-order valence-electron chi connectivity index (χ1n) is 14.1. The van der Waals surface area contributed by atoms with Gasteiger partial charge in [0.1, 0.15) is 0 Å². The Labute approximate surface area is 226 Å². The Kier molecular flexibility index (Phi) is 9.54. The van der Waals surface area contributed by atoms with Crippen molar-refractivity contribution < 1.29 is 33.6 Å². The molecule has 9 heteroatoms. The van der Waals surface area contributed by atoms with Crippen molar-refractivity contribution in [2.75, 3.05) is 46.2 Å². The molecule has 0 spiro atoms. The summed E-state index contributed by atoms with van der Waals surface area (Å²) in [6.45, 7) is 11.7. The summed E-state index contributed by atoms with van der Waals surface area (Å²) in [4.78, 5) is 30.5. The fourth-order valence-electron chi connectivity index (χ4n) is 6.01. The summed E-state index contributed by atoms with van der Waals surface area (Å²) in [5.74, 6) is -0.467. The lowest BCUT2D eigenvalue weighted by Gasteiger charge is -2.37. The fourth-order valence-corrected chi connectivity index (χ4v) is 6.01. The molecular formula is C29H44N2O7. The minimum Gasteiger partial charge on any atom is -0.481 e. The third kappa shape index (κ3) is 6.43. The molecule has 1 aromatic rings. The van der Waals surface area contributed by atoms with Gasteiger partial charge in [0.15, 0.2) is 17.8 Å². The minimum atomic E-state index is -0.856. The number of likely N-dealkylation sites (tertiary alicyclic amines) is 1. The van der Waals surface area contributed by atoms with Crippen molar-refractivity contribution in [2.24, 2.45) is 11.3 Å². The van der Waals surface area contributed by atoms with Gasteiger partial charge >= 0.3 is 5.97 Å². The molecule has 2 saturated heterocycles. The molecule has 1 N–H and O–H groups in total. The number of carboxylic acid groups (broad SMARTS) is 1. The Morgan fingerprint density at radius 1 is 1.05 bits per heavy atom. The molecule has 1 aromatic carbocycles. The van der Waals surface area contributed by atoms with Gasteiger partial charge in [0.05, 0.1) is 25.7 Å². The van der Waals surface area contributed by atoms with Crippen molar-refractivity contribution in [1.82, 2.24) is 9.80 Å². The van der Waals surface area contributed by atoms with Crippen LogP contribution in [0.5, 0.6) is 11.5 Å². The highest BCUT2D eigenvalue weighted by Crippen LogP contribution is 2.46. The second-order valence-electron chi connectivity index (χ2n) is 11.4. The quantitative estimate of drug-likeness (QED) is 0.406. The number of unbranched alkanes of at least 4 members (excludes halogenated alkanes) is 2. The van der Waals surface area contributed by atoms with Gasteiger partial charge in [-0.3, -0.25) is 14.5 Å². The maximum atomic E-state index is 13.6. The Bertz CT molecular complexity index is 954. The normalized spacial score (nSPS) is 23.7. The summed E-state index contributed by atoms with van der Waals surface area (Å²) in [7, 11) is 0. The molecule has 2 fully saturated rings. The van der Waals surface area contributed by atoms with Crippen molar-refractivity contribution in [3.8, 4) is 11.5 Å². The van der Waals surface area contributed by atoms with E-state index in [9.17, 15) is 14.7 Å². The van der Waals surface area contributed by atoms with Crippen LogP contribution in [0.2, 0.25) is 0 Å². The van der Waals surface area contributed by atoms with Crippen molar-refractivity contribution in [1.29, 1.82) is 0 Å². The number of carbonyl (C=O) groups excluding carboxylic acids is 1. The lowest BCUT2D eigenvalue weighted by Crippen LogP contribution is -2.47. The van der Waals surface area contributed by atoms with Crippen LogP contribution >= 0.6 is 0 Å². The molecule has 3 aliphatic heterocycles. The van der Waals surface area contributed by atoms with E-state index in [2.05, 4.69) is 32.6 Å². The highest BCUT2D eigenvalue weighted by atomic mass is 16.7. The van der Waals surface area contributed by atoms with Gasteiger partial charge in [-0.25, -0.2) is 0 Å². The van der Waals surface area contributed by atoms with Gasteiger partial charge < -0.3 is 29.0 Å². The monoisotopic (exact) mass is 532 g/mol. The number of carbonyl (C=O) groups is 2. The van der Waals surface area contributed by atoms with E-state index in [4.69, 9.17) is 18.9 Å². The van der Waals surface area contributed by atoms with Crippen molar-refractivity contribution in [3.05, 3.63) is 23.8 Å². The molecule has 3 aliphatic rings. The van der Waals surface area contributed by atoms with Crippen molar-refractivity contribution in [2.45, 2.75) is 78.0 Å². The fraction of sp³-hybridized carbons (Fsp3) is 0.724. The maximum absolute atomic E-state index is 13.6. The molecular weight excluding hydrogens is 488 g/mol. The van der Waals surface area contributed by atoms with Gasteiger partial charge in [-0.15, -0.1) is 0 Å². The van der Waals surface area contributed by atoms with Crippen LogP contribution in [0.1, 0.15) is 71.3 Å². The van der Waals surface area contributed by atoms with Gasteiger partial charge in [0, 0.05) is 37.0 Å². The third-order valence-electron chi connectivity index (χ3n) is 8.11. The highest BCUT2D eigenvalue weighted by molar-refractivity contribution is 5.79. The SMILES string of the molecule is CCCCN(CCCC)C(=O)CN1CC(c2ccc3c(c2)OCO3)[C@H](C(=O)O)[C@H]1CC(C)(C)C1OCCO1. The molecule has 0 saturated carbocycles. The zero-order chi connectivity index (χ0) is 27.3. The number of fused-ring (bicyclic) bond motifs is 1. The number of carboxylic acids is 1. The average Bonchev–Trinajstić information content (AvgIpc) is 3.64. The van der Waals surface area contributed by atoms with E-state index in [-0.39, 0.29) is 31.2 Å². The molecule has 0 aliphatic carbocycles. The summed E-state index contributed by atoms with van der Waals surface area (Å²) in [6, 6.07) is 5.32. The van der Waals surface area contributed by atoms with E-state index in [0.717, 1.165) is 44.3 Å². The molecule has 1 amide bonds. The van der Waals surface area contributed by atoms with Crippen LogP contribution in [-0.4, -0.2) is 85.3 Å². The molecule has 3 heterocycles. The number of hydrogen-bond acceptors (Lipinski definition) is 7. The average molecular weight is 533 g/mol. The maximum Gasteiger partial charge on any atom is 0.308 e. The number of hydrogen-bond donors (Lipinski definition) is 1. The largest absolute Gasteiger partial charge is 0.481 e. The van der Waals surface area contributed by atoms with E-state index >= 15 is 0 Å². The van der Waals surface area contributed by atoms with Gasteiger partial charge in [-0.1, -0.05) is 46.6 Å². The Hall–Kier alpha value is -2.36. The summed E-state index contributed by atoms with van der Waals surface area (Å²) >= 11 is 0. The van der Waals surface area contributed by atoms with Gasteiger partial charge in [0.25, 0.3) is 0 Å². The number of ether oxygens (including phenoxy) is 4. The minimum absolute atomic E-state index is 0.0681. The Morgan fingerprint density at radius 3 is 2.34 bits per heavy atom. The van der Waals surface area contributed by atoms with Crippen LogP contribution in [0.15, 0.2) is 18.2 Å². The smallest absolute Gasteiger partial charge is 0.308 e. The summed E-state index contributed by atoms with van der Waals surface area (Å²) in [5, 5.41) is 10.5. The molecule has 0 bridgehead atoms. The molecule has 4 rings (SSSR count). The third-order valence-corrected chi connectivity index (χ3v) is 8.11. The predicted octanol–water partition coefficient (Wildman–Crippen LogP) is 4.10. The van der Waals surface area contributed by atoms with Crippen LogP contribution in [0.4, 0.5) is 0 Å². The lowest BCUT2D eigenvalue weighted by atomic mass is 9.77. The summed E-state index contributed by atoms with van der Waals surface area (Å²) in [6.07, 6.45) is 4.09. The van der Waals surface area contributed by atoms with E-state index in [0.29, 0.717) is 37.7 Å². The van der Waals surface area contributed by atoms with E-state index in [1.165, 1.54) is 0 Å². The molecule has 3 atom stereocenters. The van der Waals surface area contributed by atoms with Gasteiger partial charge in [0.2, 0.25) is 12.7 Å². The molecule has 38 heavy (non-hydrogen) atoms. The zero-order valence-electron chi connectivity index (χ0n) is 23.3. The van der Waals surface area contributed by atoms with E-state index < -0.39 is 23.6 Å². The van der Waals surface area contributed by atoms with Gasteiger partial charge in [-0.2, -0.15) is 0 Å². The Morgan fingerprint density at radius 2 is 1.71 bits per heavy atom. The standard InChI is InChI=1S/C29H44N2O7/c1-5-7-11-30(12-8-6-2)25(32)18-31-17-21(20-9-10-23-24(15-20)38-19-37-23)26(27(33)34)22(31)16-29(3,4)28-35-13-14-36-28/h9-10,15,21-22,26,28H,5-8,11-14,16-19H2,1-4H3,(H,33,34)/t21?,22-,26+/m1/s1. The van der Waals surface area contributed by atoms with Crippen molar-refractivity contribution >= 4 is 11.9 Å². The topological polar surface area (TPSA) is 97.8 Å². The zero-order valence-corrected chi connectivity index (χ0v) is 23.3. The molecule has 9 nitrogen and oxygen atoms in total.